The zero-order valence-corrected chi connectivity index (χ0v) is 20.3. The highest BCUT2D eigenvalue weighted by Gasteiger charge is 2.24. The number of methoxy groups -OCH3 is 1. The standard InChI is InChI=1S/C27H27ClN4O2/c1-19-15-21(20(2)32(19)25-17-23(28)9-10-26(25)34-3)16-22(18-29)27(33)31-13-11-30(12-14-31)24-7-5-4-6-8-24/h4-10,15-17H,11-14H2,1-3H3/b22-16-. The molecule has 0 N–H and O–H groups in total. The van der Waals surface area contributed by atoms with Crippen molar-refractivity contribution in [1.29, 1.82) is 5.26 Å². The molecule has 3 aromatic rings. The van der Waals surface area contributed by atoms with Crippen LogP contribution in [0.4, 0.5) is 5.69 Å². The first-order chi connectivity index (χ1) is 16.4. The van der Waals surface area contributed by atoms with E-state index in [1.54, 1.807) is 24.2 Å². The van der Waals surface area contributed by atoms with E-state index >= 15 is 0 Å². The predicted octanol–water partition coefficient (Wildman–Crippen LogP) is 5.01. The summed E-state index contributed by atoms with van der Waals surface area (Å²) in [5.41, 5.74) is 4.75. The SMILES string of the molecule is COc1ccc(Cl)cc1-n1c(C)cc(/C=C(/C#N)C(=O)N2CCN(c3ccccc3)CC2)c1C. The molecule has 1 saturated heterocycles. The number of nitriles is 1. The van der Waals surface area contributed by atoms with E-state index in [4.69, 9.17) is 16.3 Å². The number of aryl methyl sites for hydroxylation is 1. The van der Waals surface area contributed by atoms with Crippen LogP contribution >= 0.6 is 11.6 Å². The molecule has 0 spiro atoms. The molecule has 0 aliphatic carbocycles. The molecular formula is C27H27ClN4O2. The first-order valence-electron chi connectivity index (χ1n) is 11.2. The summed E-state index contributed by atoms with van der Waals surface area (Å²) >= 11 is 6.24. The molecule has 0 atom stereocenters. The fourth-order valence-electron chi connectivity index (χ4n) is 4.42. The fraction of sp³-hybridized carbons (Fsp3) is 0.259. The number of anilines is 1. The lowest BCUT2D eigenvalue weighted by atomic mass is 10.1. The summed E-state index contributed by atoms with van der Waals surface area (Å²) in [6.45, 7) is 6.55. The van der Waals surface area contributed by atoms with Crippen LogP contribution in [0.25, 0.3) is 11.8 Å². The molecule has 0 saturated carbocycles. The molecule has 0 radical (unpaired) electrons. The number of halogens is 1. The molecule has 0 bridgehead atoms. The normalized spacial score (nSPS) is 14.1. The van der Waals surface area contributed by atoms with Crippen molar-refractivity contribution in [2.75, 3.05) is 38.2 Å². The molecule has 2 aromatic carbocycles. The molecule has 34 heavy (non-hydrogen) atoms. The number of piperazine rings is 1. The third-order valence-electron chi connectivity index (χ3n) is 6.19. The van der Waals surface area contributed by atoms with Crippen molar-refractivity contribution in [1.82, 2.24) is 9.47 Å². The van der Waals surface area contributed by atoms with Gasteiger partial charge in [0.25, 0.3) is 5.91 Å². The maximum Gasteiger partial charge on any atom is 0.264 e. The molecule has 1 aromatic heterocycles. The molecule has 2 heterocycles. The molecule has 174 valence electrons. The number of benzene rings is 2. The fourth-order valence-corrected chi connectivity index (χ4v) is 4.58. The van der Waals surface area contributed by atoms with Gasteiger partial charge in [0.15, 0.2) is 0 Å². The number of carbonyl (C=O) groups excluding carboxylic acids is 1. The zero-order valence-electron chi connectivity index (χ0n) is 19.6. The van der Waals surface area contributed by atoms with E-state index in [0.29, 0.717) is 23.9 Å². The van der Waals surface area contributed by atoms with E-state index in [-0.39, 0.29) is 11.5 Å². The minimum atomic E-state index is -0.236. The summed E-state index contributed by atoms with van der Waals surface area (Å²) in [6.07, 6.45) is 1.68. The number of hydrogen-bond donors (Lipinski definition) is 0. The monoisotopic (exact) mass is 474 g/mol. The maximum absolute atomic E-state index is 13.2. The highest BCUT2D eigenvalue weighted by Crippen LogP contribution is 2.31. The van der Waals surface area contributed by atoms with Gasteiger partial charge in [-0.2, -0.15) is 5.26 Å². The summed E-state index contributed by atoms with van der Waals surface area (Å²) < 4.78 is 7.54. The molecule has 6 nitrogen and oxygen atoms in total. The van der Waals surface area contributed by atoms with Crippen LogP contribution in [0.2, 0.25) is 5.02 Å². The molecule has 4 rings (SSSR count). The van der Waals surface area contributed by atoms with Gasteiger partial charge in [0.1, 0.15) is 17.4 Å². The van der Waals surface area contributed by atoms with Gasteiger partial charge in [-0.3, -0.25) is 4.79 Å². The number of para-hydroxylation sites is 1. The van der Waals surface area contributed by atoms with Gasteiger partial charge >= 0.3 is 0 Å². The Kier molecular flexibility index (Phi) is 6.95. The van der Waals surface area contributed by atoms with E-state index < -0.39 is 0 Å². The number of aromatic nitrogens is 1. The number of hydrogen-bond acceptors (Lipinski definition) is 4. The number of rotatable bonds is 5. The van der Waals surface area contributed by atoms with Crippen molar-refractivity contribution in [2.24, 2.45) is 0 Å². The summed E-state index contributed by atoms with van der Waals surface area (Å²) in [7, 11) is 1.62. The lowest BCUT2D eigenvalue weighted by molar-refractivity contribution is -0.126. The van der Waals surface area contributed by atoms with Gasteiger partial charge in [-0.1, -0.05) is 29.8 Å². The molecule has 1 aliphatic heterocycles. The number of amides is 1. The van der Waals surface area contributed by atoms with Crippen molar-refractivity contribution in [3.63, 3.8) is 0 Å². The largest absolute Gasteiger partial charge is 0.495 e. The van der Waals surface area contributed by atoms with Crippen LogP contribution in [-0.4, -0.2) is 48.7 Å². The summed E-state index contributed by atoms with van der Waals surface area (Å²) in [6, 6.07) is 19.7. The first kappa shape index (κ1) is 23.5. The molecule has 0 unspecified atom stereocenters. The Hall–Kier alpha value is -3.69. The van der Waals surface area contributed by atoms with Crippen LogP contribution < -0.4 is 9.64 Å². The van der Waals surface area contributed by atoms with Gasteiger partial charge in [-0.05, 0) is 61.9 Å². The van der Waals surface area contributed by atoms with Gasteiger partial charge in [0.05, 0.1) is 12.8 Å². The van der Waals surface area contributed by atoms with Gasteiger partial charge in [-0.15, -0.1) is 0 Å². The highest BCUT2D eigenvalue weighted by atomic mass is 35.5. The summed E-state index contributed by atoms with van der Waals surface area (Å²) in [5, 5.41) is 10.4. The Morgan fingerprint density at radius 3 is 2.41 bits per heavy atom. The molecular weight excluding hydrogens is 448 g/mol. The third kappa shape index (κ3) is 4.66. The van der Waals surface area contributed by atoms with Crippen molar-refractivity contribution in [3.05, 3.63) is 82.1 Å². The number of carbonyl (C=O) groups is 1. The van der Waals surface area contributed by atoms with Gasteiger partial charge < -0.3 is 19.1 Å². The van der Waals surface area contributed by atoms with Crippen LogP contribution in [0.5, 0.6) is 5.75 Å². The Balaban J connectivity index is 1.57. The van der Waals surface area contributed by atoms with E-state index in [1.807, 2.05) is 54.8 Å². The van der Waals surface area contributed by atoms with Crippen molar-refractivity contribution >= 4 is 29.3 Å². The Morgan fingerprint density at radius 2 is 1.76 bits per heavy atom. The van der Waals surface area contributed by atoms with Crippen molar-refractivity contribution < 1.29 is 9.53 Å². The van der Waals surface area contributed by atoms with E-state index in [1.165, 1.54) is 0 Å². The second-order valence-corrected chi connectivity index (χ2v) is 8.70. The van der Waals surface area contributed by atoms with E-state index in [2.05, 4.69) is 23.1 Å². The Bertz CT molecular complexity index is 1270. The average molecular weight is 475 g/mol. The molecule has 1 amide bonds. The second-order valence-electron chi connectivity index (χ2n) is 8.26. The van der Waals surface area contributed by atoms with Crippen LogP contribution in [0, 0.1) is 25.2 Å². The third-order valence-corrected chi connectivity index (χ3v) is 6.43. The van der Waals surface area contributed by atoms with Crippen molar-refractivity contribution in [2.45, 2.75) is 13.8 Å². The molecule has 1 fully saturated rings. The lowest BCUT2D eigenvalue weighted by Gasteiger charge is -2.36. The topological polar surface area (TPSA) is 61.5 Å². The highest BCUT2D eigenvalue weighted by molar-refractivity contribution is 6.30. The first-order valence-corrected chi connectivity index (χ1v) is 11.5. The van der Waals surface area contributed by atoms with Crippen LogP contribution in [0.15, 0.2) is 60.2 Å². The second kappa shape index (κ2) is 10.1. The summed E-state index contributed by atoms with van der Waals surface area (Å²) in [5.74, 6) is 0.454. The zero-order chi connectivity index (χ0) is 24.2. The lowest BCUT2D eigenvalue weighted by Crippen LogP contribution is -2.49. The predicted molar refractivity (Wildman–Crippen MR) is 136 cm³/mol. The Morgan fingerprint density at radius 1 is 1.06 bits per heavy atom. The van der Waals surface area contributed by atoms with Gasteiger partial charge in [0, 0.05) is 48.3 Å². The number of ether oxygens (including phenoxy) is 1. The Labute approximate surface area is 205 Å². The molecule has 7 heteroatoms. The van der Waals surface area contributed by atoms with E-state index in [0.717, 1.165) is 41.4 Å². The maximum atomic E-state index is 13.2. The van der Waals surface area contributed by atoms with Crippen LogP contribution in [0.1, 0.15) is 17.0 Å². The van der Waals surface area contributed by atoms with Gasteiger partial charge in [0.2, 0.25) is 0 Å². The smallest absolute Gasteiger partial charge is 0.264 e. The van der Waals surface area contributed by atoms with Gasteiger partial charge in [-0.25, -0.2) is 0 Å². The summed E-state index contributed by atoms with van der Waals surface area (Å²) in [4.78, 5) is 17.2. The quantitative estimate of drug-likeness (QED) is 0.385. The van der Waals surface area contributed by atoms with Crippen molar-refractivity contribution in [3.8, 4) is 17.5 Å². The minimum Gasteiger partial charge on any atom is -0.495 e. The average Bonchev–Trinajstić information content (AvgIpc) is 3.15. The number of nitrogens with zero attached hydrogens (tertiary/aromatic N) is 4. The minimum absolute atomic E-state index is 0.131. The molecule has 1 aliphatic rings. The van der Waals surface area contributed by atoms with Crippen LogP contribution in [0.3, 0.4) is 0 Å². The van der Waals surface area contributed by atoms with E-state index in [9.17, 15) is 10.1 Å². The van der Waals surface area contributed by atoms with Crippen LogP contribution in [-0.2, 0) is 4.79 Å².